The van der Waals surface area contributed by atoms with Crippen molar-refractivity contribution < 1.29 is 22.4 Å². The number of halogens is 4. The summed E-state index contributed by atoms with van der Waals surface area (Å²) >= 11 is 0. The van der Waals surface area contributed by atoms with Crippen LogP contribution in [0.4, 0.5) is 23.2 Å². The number of amides is 1. The lowest BCUT2D eigenvalue weighted by molar-refractivity contribution is -0.137. The molecule has 120 valence electrons. The molecular formula is C17H13F4NO. The van der Waals surface area contributed by atoms with Crippen LogP contribution in [0.15, 0.2) is 48.5 Å². The summed E-state index contributed by atoms with van der Waals surface area (Å²) in [5.41, 5.74) is -0.0137. The second kappa shape index (κ2) is 5.68. The fourth-order valence-corrected chi connectivity index (χ4v) is 2.82. The lowest BCUT2D eigenvalue weighted by Crippen LogP contribution is -2.26. The van der Waals surface area contributed by atoms with E-state index in [1.807, 2.05) is 0 Å². The number of alkyl halides is 3. The first-order chi connectivity index (χ1) is 10.9. The van der Waals surface area contributed by atoms with E-state index in [0.717, 1.165) is 12.1 Å². The first-order valence-corrected chi connectivity index (χ1v) is 7.10. The molecule has 2 nitrogen and oxygen atoms in total. The highest BCUT2D eigenvalue weighted by Gasteiger charge is 2.36. The van der Waals surface area contributed by atoms with Crippen molar-refractivity contribution in [2.24, 2.45) is 0 Å². The Bertz CT molecular complexity index is 741. The lowest BCUT2D eigenvalue weighted by Gasteiger charge is -2.17. The third-order valence-electron chi connectivity index (χ3n) is 3.94. The van der Waals surface area contributed by atoms with Gasteiger partial charge in [-0.3, -0.25) is 4.79 Å². The Balaban J connectivity index is 1.88. The van der Waals surface area contributed by atoms with Gasteiger partial charge in [-0.1, -0.05) is 24.3 Å². The van der Waals surface area contributed by atoms with Crippen LogP contribution in [0.5, 0.6) is 0 Å². The quantitative estimate of drug-likeness (QED) is 0.752. The van der Waals surface area contributed by atoms with Gasteiger partial charge in [0.15, 0.2) is 0 Å². The number of rotatable bonds is 2. The van der Waals surface area contributed by atoms with Gasteiger partial charge in [0, 0.05) is 12.2 Å². The number of hydrogen-bond acceptors (Lipinski definition) is 1. The molecule has 3 rings (SSSR count). The van der Waals surface area contributed by atoms with Crippen LogP contribution in [0.2, 0.25) is 0 Å². The van der Waals surface area contributed by atoms with Crippen molar-refractivity contribution in [2.45, 2.75) is 18.5 Å². The zero-order chi connectivity index (χ0) is 16.6. The van der Waals surface area contributed by atoms with E-state index in [0.29, 0.717) is 24.2 Å². The number of carbonyl (C=O) groups excluding carboxylic acids is 1. The smallest absolute Gasteiger partial charge is 0.312 e. The maximum absolute atomic E-state index is 13.3. The summed E-state index contributed by atoms with van der Waals surface area (Å²) in [7, 11) is 0. The molecule has 0 aliphatic carbocycles. The molecule has 1 amide bonds. The molecule has 1 saturated heterocycles. The highest BCUT2D eigenvalue weighted by Crippen LogP contribution is 2.35. The van der Waals surface area contributed by atoms with E-state index in [-0.39, 0.29) is 5.91 Å². The van der Waals surface area contributed by atoms with E-state index in [4.69, 9.17) is 0 Å². The highest BCUT2D eigenvalue weighted by atomic mass is 19.4. The normalized spacial score (nSPS) is 18.5. The molecule has 0 radical (unpaired) electrons. The van der Waals surface area contributed by atoms with E-state index in [9.17, 15) is 22.4 Å². The van der Waals surface area contributed by atoms with Crippen molar-refractivity contribution >= 4 is 11.6 Å². The predicted octanol–water partition coefficient (Wildman–Crippen LogP) is 4.37. The molecule has 0 bridgehead atoms. The fraction of sp³-hybridized carbons (Fsp3) is 0.235. The number of anilines is 1. The van der Waals surface area contributed by atoms with Crippen molar-refractivity contribution in [1.29, 1.82) is 0 Å². The summed E-state index contributed by atoms with van der Waals surface area (Å²) in [5.74, 6) is -1.41. The van der Waals surface area contributed by atoms with E-state index in [1.165, 1.54) is 35.2 Å². The van der Waals surface area contributed by atoms with Crippen LogP contribution < -0.4 is 4.90 Å². The number of nitrogens with zero attached hydrogens (tertiary/aromatic N) is 1. The van der Waals surface area contributed by atoms with Gasteiger partial charge in [-0.2, -0.15) is 13.2 Å². The minimum atomic E-state index is -4.44. The van der Waals surface area contributed by atoms with Crippen molar-refractivity contribution in [3.63, 3.8) is 0 Å². The molecule has 1 unspecified atom stereocenters. The summed E-state index contributed by atoms with van der Waals surface area (Å²) in [6.07, 6.45) is -4.05. The van der Waals surface area contributed by atoms with Gasteiger partial charge in [-0.05, 0) is 36.2 Å². The fourth-order valence-electron chi connectivity index (χ4n) is 2.82. The van der Waals surface area contributed by atoms with E-state index >= 15 is 0 Å². The molecular weight excluding hydrogens is 310 g/mol. The molecule has 23 heavy (non-hydrogen) atoms. The number of benzene rings is 2. The molecule has 1 heterocycles. The molecule has 1 aliphatic rings. The van der Waals surface area contributed by atoms with Crippen LogP contribution >= 0.6 is 0 Å². The van der Waals surface area contributed by atoms with Gasteiger partial charge < -0.3 is 4.90 Å². The lowest BCUT2D eigenvalue weighted by atomic mass is 9.96. The number of hydrogen-bond donors (Lipinski definition) is 0. The van der Waals surface area contributed by atoms with Crippen LogP contribution in [0.1, 0.15) is 23.5 Å². The second-order valence-corrected chi connectivity index (χ2v) is 5.43. The third kappa shape index (κ3) is 3.06. The maximum atomic E-state index is 13.3. The minimum Gasteiger partial charge on any atom is -0.312 e. The molecule has 0 aromatic heterocycles. The van der Waals surface area contributed by atoms with Crippen LogP contribution in [0.3, 0.4) is 0 Å². The third-order valence-corrected chi connectivity index (χ3v) is 3.94. The summed E-state index contributed by atoms with van der Waals surface area (Å²) < 4.78 is 51.7. The van der Waals surface area contributed by atoms with Gasteiger partial charge in [0.25, 0.3) is 0 Å². The van der Waals surface area contributed by atoms with E-state index in [2.05, 4.69) is 0 Å². The standard InChI is InChI=1S/C17H13F4NO/c18-13-5-2-6-14(10-13)22-8-7-15(16(22)23)11-3-1-4-12(9-11)17(19,20)21/h1-6,9-10,15H,7-8H2. The second-order valence-electron chi connectivity index (χ2n) is 5.43. The molecule has 1 aliphatic heterocycles. The molecule has 1 fully saturated rings. The highest BCUT2D eigenvalue weighted by molar-refractivity contribution is 6.00. The Morgan fingerprint density at radius 1 is 1.04 bits per heavy atom. The van der Waals surface area contributed by atoms with Gasteiger partial charge >= 0.3 is 6.18 Å². The Morgan fingerprint density at radius 2 is 1.78 bits per heavy atom. The first kappa shape index (κ1) is 15.5. The average molecular weight is 323 g/mol. The van der Waals surface area contributed by atoms with Crippen LogP contribution in [-0.4, -0.2) is 12.5 Å². The molecule has 1 atom stereocenters. The van der Waals surface area contributed by atoms with Crippen molar-refractivity contribution in [3.8, 4) is 0 Å². The summed E-state index contributed by atoms with van der Waals surface area (Å²) in [5, 5.41) is 0. The number of carbonyl (C=O) groups is 1. The van der Waals surface area contributed by atoms with E-state index < -0.39 is 23.5 Å². The summed E-state index contributed by atoms with van der Waals surface area (Å²) in [6.45, 7) is 0.350. The molecule has 2 aromatic carbocycles. The maximum Gasteiger partial charge on any atom is 0.416 e. The van der Waals surface area contributed by atoms with Crippen molar-refractivity contribution in [1.82, 2.24) is 0 Å². The summed E-state index contributed by atoms with van der Waals surface area (Å²) in [6, 6.07) is 10.4. The first-order valence-electron chi connectivity index (χ1n) is 7.10. The topological polar surface area (TPSA) is 20.3 Å². The molecule has 0 spiro atoms. The van der Waals surface area contributed by atoms with Gasteiger partial charge in [0.05, 0.1) is 11.5 Å². The average Bonchev–Trinajstić information content (AvgIpc) is 2.88. The SMILES string of the molecule is O=C1C(c2cccc(C(F)(F)F)c2)CCN1c1cccc(F)c1. The van der Waals surface area contributed by atoms with Crippen molar-refractivity contribution in [3.05, 3.63) is 65.5 Å². The molecule has 0 saturated carbocycles. The van der Waals surface area contributed by atoms with Gasteiger partial charge in [-0.25, -0.2) is 4.39 Å². The Labute approximate surface area is 130 Å². The molecule has 0 N–H and O–H groups in total. The Kier molecular flexibility index (Phi) is 3.83. The van der Waals surface area contributed by atoms with Crippen LogP contribution in [0.25, 0.3) is 0 Å². The Hall–Kier alpha value is -2.37. The van der Waals surface area contributed by atoms with Gasteiger partial charge in [0.2, 0.25) is 5.91 Å². The largest absolute Gasteiger partial charge is 0.416 e. The van der Waals surface area contributed by atoms with Gasteiger partial charge in [0.1, 0.15) is 5.82 Å². The predicted molar refractivity (Wildman–Crippen MR) is 77.6 cm³/mol. The zero-order valence-electron chi connectivity index (χ0n) is 12.0. The van der Waals surface area contributed by atoms with Crippen LogP contribution in [0, 0.1) is 5.82 Å². The monoisotopic (exact) mass is 323 g/mol. The summed E-state index contributed by atoms with van der Waals surface area (Å²) in [4.78, 5) is 13.9. The molecule has 2 aromatic rings. The van der Waals surface area contributed by atoms with E-state index in [1.54, 1.807) is 6.07 Å². The van der Waals surface area contributed by atoms with Crippen molar-refractivity contribution in [2.75, 3.05) is 11.4 Å². The van der Waals surface area contributed by atoms with Crippen LogP contribution in [-0.2, 0) is 11.0 Å². The zero-order valence-corrected chi connectivity index (χ0v) is 12.0. The Morgan fingerprint density at radius 3 is 2.48 bits per heavy atom. The minimum absolute atomic E-state index is 0.310. The van der Waals surface area contributed by atoms with Gasteiger partial charge in [-0.15, -0.1) is 0 Å². The molecule has 6 heteroatoms.